The van der Waals surface area contributed by atoms with Gasteiger partial charge in [-0.2, -0.15) is 0 Å². The van der Waals surface area contributed by atoms with Crippen LogP contribution in [0.25, 0.3) is 0 Å². The van der Waals surface area contributed by atoms with Crippen molar-refractivity contribution in [3.8, 4) is 11.5 Å². The number of hydrogen-bond acceptors (Lipinski definition) is 4. The average Bonchev–Trinajstić information content (AvgIpc) is 2.81. The predicted molar refractivity (Wildman–Crippen MR) is 119 cm³/mol. The van der Waals surface area contributed by atoms with Crippen molar-refractivity contribution in [2.24, 2.45) is 5.92 Å². The standard InChI is InChI=1S/C26H26O5/c1-18(26(28)29)14-24(20-10-6-12-22(15-20)30-2)25(27)21-11-7-13-23(16-21)31-17-19-8-4-3-5-9-19/h3-13,15-16,18,24H,14,17H2,1-2H3,(H,28,29). The number of rotatable bonds is 10. The maximum Gasteiger partial charge on any atom is 0.306 e. The third-order valence-electron chi connectivity index (χ3n) is 5.19. The lowest BCUT2D eigenvalue weighted by atomic mass is 9.83. The summed E-state index contributed by atoms with van der Waals surface area (Å²) in [5, 5.41) is 9.40. The summed E-state index contributed by atoms with van der Waals surface area (Å²) >= 11 is 0. The fourth-order valence-corrected chi connectivity index (χ4v) is 3.39. The molecule has 0 aliphatic heterocycles. The van der Waals surface area contributed by atoms with Crippen molar-refractivity contribution in [1.29, 1.82) is 0 Å². The number of ketones is 1. The maximum atomic E-state index is 13.4. The maximum absolute atomic E-state index is 13.4. The second-order valence-electron chi connectivity index (χ2n) is 7.47. The van der Waals surface area contributed by atoms with Crippen LogP contribution in [0.4, 0.5) is 0 Å². The van der Waals surface area contributed by atoms with E-state index in [1.165, 1.54) is 0 Å². The van der Waals surface area contributed by atoms with Gasteiger partial charge >= 0.3 is 5.97 Å². The molecule has 2 atom stereocenters. The minimum absolute atomic E-state index is 0.147. The highest BCUT2D eigenvalue weighted by atomic mass is 16.5. The normalized spacial score (nSPS) is 12.6. The van der Waals surface area contributed by atoms with Crippen molar-refractivity contribution in [3.63, 3.8) is 0 Å². The molecule has 160 valence electrons. The minimum Gasteiger partial charge on any atom is -0.497 e. The average molecular weight is 418 g/mol. The number of carbonyl (C=O) groups is 2. The van der Waals surface area contributed by atoms with Crippen molar-refractivity contribution in [3.05, 3.63) is 95.6 Å². The van der Waals surface area contributed by atoms with Crippen molar-refractivity contribution < 1.29 is 24.2 Å². The second-order valence-corrected chi connectivity index (χ2v) is 7.47. The van der Waals surface area contributed by atoms with E-state index in [1.54, 1.807) is 56.5 Å². The van der Waals surface area contributed by atoms with E-state index in [4.69, 9.17) is 9.47 Å². The lowest BCUT2D eigenvalue weighted by molar-refractivity contribution is -0.141. The molecule has 0 radical (unpaired) electrons. The van der Waals surface area contributed by atoms with Crippen molar-refractivity contribution in [1.82, 2.24) is 0 Å². The molecule has 0 bridgehead atoms. The van der Waals surface area contributed by atoms with E-state index in [0.717, 1.165) is 11.1 Å². The topological polar surface area (TPSA) is 72.8 Å². The van der Waals surface area contributed by atoms with Gasteiger partial charge in [-0.05, 0) is 41.8 Å². The molecule has 3 aromatic carbocycles. The van der Waals surface area contributed by atoms with E-state index >= 15 is 0 Å². The summed E-state index contributed by atoms with van der Waals surface area (Å²) in [5.74, 6) is -1.14. The van der Waals surface area contributed by atoms with Crippen LogP contribution in [0.5, 0.6) is 11.5 Å². The highest BCUT2D eigenvalue weighted by Gasteiger charge is 2.27. The molecule has 0 saturated carbocycles. The van der Waals surface area contributed by atoms with Crippen LogP contribution in [0.3, 0.4) is 0 Å². The summed E-state index contributed by atoms with van der Waals surface area (Å²) < 4.78 is 11.1. The second kappa shape index (κ2) is 10.4. The molecule has 0 fully saturated rings. The van der Waals surface area contributed by atoms with Crippen LogP contribution in [-0.4, -0.2) is 24.0 Å². The molecular weight excluding hydrogens is 392 g/mol. The summed E-state index contributed by atoms with van der Waals surface area (Å²) in [5.41, 5.74) is 2.24. The number of Topliss-reactive ketones (excluding diaryl/α,β-unsaturated/α-hetero) is 1. The van der Waals surface area contributed by atoms with E-state index in [-0.39, 0.29) is 12.2 Å². The van der Waals surface area contributed by atoms with Gasteiger partial charge in [-0.3, -0.25) is 9.59 Å². The molecule has 5 heteroatoms. The van der Waals surface area contributed by atoms with Gasteiger partial charge in [0.1, 0.15) is 18.1 Å². The largest absolute Gasteiger partial charge is 0.497 e. The Hall–Kier alpha value is -3.60. The molecule has 0 aromatic heterocycles. The van der Waals surface area contributed by atoms with Gasteiger partial charge in [-0.1, -0.05) is 61.5 Å². The Morgan fingerprint density at radius 1 is 0.903 bits per heavy atom. The molecule has 5 nitrogen and oxygen atoms in total. The third-order valence-corrected chi connectivity index (χ3v) is 5.19. The quantitative estimate of drug-likeness (QED) is 0.449. The van der Waals surface area contributed by atoms with Gasteiger partial charge in [-0.15, -0.1) is 0 Å². The molecule has 0 aliphatic rings. The lowest BCUT2D eigenvalue weighted by Crippen LogP contribution is -2.20. The molecular formula is C26H26O5. The van der Waals surface area contributed by atoms with Crippen LogP contribution < -0.4 is 9.47 Å². The Morgan fingerprint density at radius 3 is 2.32 bits per heavy atom. The van der Waals surface area contributed by atoms with E-state index in [9.17, 15) is 14.7 Å². The van der Waals surface area contributed by atoms with Crippen LogP contribution >= 0.6 is 0 Å². The first kappa shape index (κ1) is 22.1. The number of carboxylic acid groups (broad SMARTS) is 1. The first-order chi connectivity index (χ1) is 15.0. The van der Waals surface area contributed by atoms with E-state index in [0.29, 0.717) is 23.7 Å². The van der Waals surface area contributed by atoms with Gasteiger partial charge in [0.15, 0.2) is 5.78 Å². The molecule has 31 heavy (non-hydrogen) atoms. The van der Waals surface area contributed by atoms with E-state index in [1.807, 2.05) is 36.4 Å². The van der Waals surface area contributed by atoms with Crippen molar-refractivity contribution in [2.75, 3.05) is 7.11 Å². The number of aliphatic carboxylic acids is 1. The van der Waals surface area contributed by atoms with Gasteiger partial charge in [0.05, 0.1) is 13.0 Å². The first-order valence-electron chi connectivity index (χ1n) is 10.2. The highest BCUT2D eigenvalue weighted by molar-refractivity contribution is 6.01. The number of carboxylic acids is 1. The number of ether oxygens (including phenoxy) is 2. The Balaban J connectivity index is 1.85. The Labute approximate surface area is 182 Å². The fourth-order valence-electron chi connectivity index (χ4n) is 3.39. The summed E-state index contributed by atoms with van der Waals surface area (Å²) in [6.07, 6.45) is 0.191. The molecule has 0 amide bonds. The summed E-state index contributed by atoms with van der Waals surface area (Å²) in [4.78, 5) is 24.9. The van der Waals surface area contributed by atoms with Gasteiger partial charge < -0.3 is 14.6 Å². The monoisotopic (exact) mass is 418 g/mol. The van der Waals surface area contributed by atoms with E-state index < -0.39 is 17.8 Å². The number of benzene rings is 3. The predicted octanol–water partition coefficient (Wildman–Crippen LogP) is 5.35. The molecule has 0 aliphatic carbocycles. The summed E-state index contributed by atoms with van der Waals surface area (Å²) in [6.45, 7) is 2.01. The van der Waals surface area contributed by atoms with Crippen LogP contribution in [0.1, 0.15) is 40.7 Å². The lowest BCUT2D eigenvalue weighted by Gasteiger charge is -2.20. The fraction of sp³-hybridized carbons (Fsp3) is 0.231. The molecule has 0 heterocycles. The van der Waals surface area contributed by atoms with Gasteiger partial charge in [0.2, 0.25) is 0 Å². The smallest absolute Gasteiger partial charge is 0.306 e. The molecule has 2 unspecified atom stereocenters. The number of carbonyl (C=O) groups excluding carboxylic acids is 1. The minimum atomic E-state index is -0.930. The third kappa shape index (κ3) is 5.95. The Bertz CT molecular complexity index is 1030. The Kier molecular flexibility index (Phi) is 7.44. The van der Waals surface area contributed by atoms with Crippen LogP contribution in [0.15, 0.2) is 78.9 Å². The van der Waals surface area contributed by atoms with Gasteiger partial charge in [-0.25, -0.2) is 0 Å². The van der Waals surface area contributed by atoms with Crippen LogP contribution in [0.2, 0.25) is 0 Å². The zero-order valence-electron chi connectivity index (χ0n) is 17.7. The number of hydrogen-bond donors (Lipinski definition) is 1. The van der Waals surface area contributed by atoms with Crippen molar-refractivity contribution in [2.45, 2.75) is 25.9 Å². The molecule has 1 N–H and O–H groups in total. The summed E-state index contributed by atoms with van der Waals surface area (Å²) in [6, 6.07) is 24.0. The number of methoxy groups -OCH3 is 1. The first-order valence-corrected chi connectivity index (χ1v) is 10.2. The Morgan fingerprint density at radius 2 is 1.61 bits per heavy atom. The van der Waals surface area contributed by atoms with E-state index in [2.05, 4.69) is 0 Å². The molecule has 0 saturated heterocycles. The molecule has 0 spiro atoms. The summed E-state index contributed by atoms with van der Waals surface area (Å²) in [7, 11) is 1.56. The van der Waals surface area contributed by atoms with Crippen molar-refractivity contribution >= 4 is 11.8 Å². The van der Waals surface area contributed by atoms with Gasteiger partial charge in [0, 0.05) is 11.5 Å². The van der Waals surface area contributed by atoms with Crippen LogP contribution in [-0.2, 0) is 11.4 Å². The van der Waals surface area contributed by atoms with Gasteiger partial charge in [0.25, 0.3) is 0 Å². The van der Waals surface area contributed by atoms with Crippen LogP contribution in [0, 0.1) is 5.92 Å². The SMILES string of the molecule is COc1cccc(C(CC(C)C(=O)O)C(=O)c2cccc(OCc3ccccc3)c2)c1. The molecule has 3 aromatic rings. The molecule has 3 rings (SSSR count). The zero-order chi connectivity index (χ0) is 22.2. The zero-order valence-corrected chi connectivity index (χ0v) is 17.7. The highest BCUT2D eigenvalue weighted by Crippen LogP contribution is 2.31.